The van der Waals surface area contributed by atoms with Crippen LogP contribution < -0.4 is 10.6 Å². The quantitative estimate of drug-likeness (QED) is 0.313. The zero-order chi connectivity index (χ0) is 18.9. The maximum absolute atomic E-state index is 13.4. The Balaban J connectivity index is 0.00000625. The molecule has 0 fully saturated rings. The normalized spacial score (nSPS) is 13.1. The smallest absolute Gasteiger partial charge is 0.191 e. The van der Waals surface area contributed by atoms with Crippen LogP contribution in [0, 0.1) is 5.82 Å². The molecule has 1 unspecified atom stereocenters. The van der Waals surface area contributed by atoms with Crippen LogP contribution in [0.2, 0.25) is 0 Å². The lowest BCUT2D eigenvalue weighted by molar-refractivity contribution is 0.625. The number of hydrogen-bond donors (Lipinski definition) is 2. The molecule has 150 valence electrons. The van der Waals surface area contributed by atoms with E-state index in [9.17, 15) is 8.60 Å². The van der Waals surface area contributed by atoms with Crippen molar-refractivity contribution in [2.45, 2.75) is 44.7 Å². The van der Waals surface area contributed by atoms with Crippen LogP contribution in [-0.2, 0) is 23.1 Å². The lowest BCUT2D eigenvalue weighted by atomic mass is 10.1. The summed E-state index contributed by atoms with van der Waals surface area (Å²) in [4.78, 5) is 4.58. The minimum absolute atomic E-state index is 0. The monoisotopic (exact) mass is 515 g/mol. The second-order valence-electron chi connectivity index (χ2n) is 6.63. The van der Waals surface area contributed by atoms with E-state index in [4.69, 9.17) is 0 Å². The first kappa shape index (κ1) is 25.6. The van der Waals surface area contributed by atoms with Gasteiger partial charge in [0.15, 0.2) is 5.96 Å². The van der Waals surface area contributed by atoms with Crippen molar-refractivity contribution in [2.75, 3.05) is 25.1 Å². The van der Waals surface area contributed by atoms with Gasteiger partial charge in [0, 0.05) is 40.1 Å². The van der Waals surface area contributed by atoms with Crippen molar-refractivity contribution in [3.63, 3.8) is 0 Å². The Bertz CT molecular complexity index is 607. The molecule has 0 saturated heterocycles. The lowest BCUT2D eigenvalue weighted by Crippen LogP contribution is -2.40. The van der Waals surface area contributed by atoms with Crippen LogP contribution in [0.1, 0.15) is 38.8 Å². The van der Waals surface area contributed by atoms with Gasteiger partial charge in [0.1, 0.15) is 5.82 Å². The molecule has 1 rings (SSSR count). The van der Waals surface area contributed by atoms with Crippen molar-refractivity contribution in [3.8, 4) is 0 Å². The van der Waals surface area contributed by atoms with E-state index in [1.807, 2.05) is 34.0 Å². The maximum atomic E-state index is 13.4. The van der Waals surface area contributed by atoms with Gasteiger partial charge in [-0.25, -0.2) is 9.38 Å². The van der Waals surface area contributed by atoms with Crippen LogP contribution >= 0.6 is 35.7 Å². The molecule has 0 heterocycles. The second-order valence-corrected chi connectivity index (χ2v) is 9.82. The van der Waals surface area contributed by atoms with E-state index >= 15 is 0 Å². The number of guanidine groups is 1. The average Bonchev–Trinajstić information content (AvgIpc) is 2.53. The molecule has 0 amide bonds. The Morgan fingerprint density at radius 1 is 1.27 bits per heavy atom. The topological polar surface area (TPSA) is 53.5 Å². The molecule has 0 spiro atoms. The van der Waals surface area contributed by atoms with Crippen molar-refractivity contribution >= 4 is 52.5 Å². The van der Waals surface area contributed by atoms with Gasteiger partial charge >= 0.3 is 0 Å². The summed E-state index contributed by atoms with van der Waals surface area (Å²) in [6.45, 7) is 9.75. The number of benzene rings is 1. The van der Waals surface area contributed by atoms with Crippen LogP contribution in [0.4, 0.5) is 4.39 Å². The van der Waals surface area contributed by atoms with Gasteiger partial charge in [-0.2, -0.15) is 11.8 Å². The van der Waals surface area contributed by atoms with Crippen molar-refractivity contribution < 1.29 is 8.60 Å². The van der Waals surface area contributed by atoms with E-state index < -0.39 is 10.8 Å². The number of rotatable bonds is 8. The molecule has 8 heteroatoms. The van der Waals surface area contributed by atoms with E-state index in [0.717, 1.165) is 23.4 Å². The third-order valence-electron chi connectivity index (χ3n) is 3.48. The molecule has 0 aromatic heterocycles. The van der Waals surface area contributed by atoms with Gasteiger partial charge in [0.05, 0.1) is 6.54 Å². The molecule has 0 saturated carbocycles. The third kappa shape index (κ3) is 9.55. The van der Waals surface area contributed by atoms with Crippen molar-refractivity contribution in [1.29, 1.82) is 0 Å². The fourth-order valence-electron chi connectivity index (χ4n) is 2.11. The first-order chi connectivity index (χ1) is 11.8. The van der Waals surface area contributed by atoms with Crippen LogP contribution in [0.25, 0.3) is 0 Å². The predicted molar refractivity (Wildman–Crippen MR) is 125 cm³/mol. The van der Waals surface area contributed by atoms with Gasteiger partial charge in [-0.1, -0.05) is 6.07 Å². The van der Waals surface area contributed by atoms with E-state index in [2.05, 4.69) is 15.6 Å². The number of nitrogens with zero attached hydrogens (tertiary/aromatic N) is 1. The van der Waals surface area contributed by atoms with Crippen molar-refractivity contribution in [2.24, 2.45) is 4.99 Å². The Hall–Kier alpha value is -0.350. The molecular formula is C18H31FIN3OS2. The molecule has 1 aromatic carbocycles. The first-order valence-corrected chi connectivity index (χ1v) is 11.2. The Kier molecular flexibility index (Phi) is 12.8. The fourth-order valence-corrected chi connectivity index (χ4v) is 3.59. The van der Waals surface area contributed by atoms with Gasteiger partial charge in [-0.05, 0) is 57.2 Å². The number of hydrogen-bond acceptors (Lipinski definition) is 3. The van der Waals surface area contributed by atoms with E-state index in [0.29, 0.717) is 24.8 Å². The molecule has 1 atom stereocenters. The Morgan fingerprint density at radius 2 is 1.96 bits per heavy atom. The summed E-state index contributed by atoms with van der Waals surface area (Å²) in [5.74, 6) is 1.80. The summed E-state index contributed by atoms with van der Waals surface area (Å²) in [5, 5.41) is 6.41. The summed E-state index contributed by atoms with van der Waals surface area (Å²) in [6.07, 6.45) is 2.00. The van der Waals surface area contributed by atoms with E-state index in [1.165, 1.54) is 6.07 Å². The largest absolute Gasteiger partial charge is 0.357 e. The number of aliphatic imine (C=N–C) groups is 1. The van der Waals surface area contributed by atoms with Gasteiger partial charge in [-0.3, -0.25) is 4.21 Å². The minimum Gasteiger partial charge on any atom is -0.357 e. The highest BCUT2D eigenvalue weighted by molar-refractivity contribution is 14.0. The Morgan fingerprint density at radius 3 is 2.54 bits per heavy atom. The summed E-state index contributed by atoms with van der Waals surface area (Å²) in [5.41, 5.74) is 1.99. The average molecular weight is 516 g/mol. The van der Waals surface area contributed by atoms with Crippen molar-refractivity contribution in [3.05, 3.63) is 35.1 Å². The summed E-state index contributed by atoms with van der Waals surface area (Å²) in [7, 11) is -0.896. The minimum atomic E-state index is -0.896. The molecule has 1 aromatic rings. The van der Waals surface area contributed by atoms with E-state index in [-0.39, 0.29) is 34.5 Å². The van der Waals surface area contributed by atoms with Crippen LogP contribution in [0.5, 0.6) is 0 Å². The number of nitrogens with one attached hydrogen (secondary N) is 2. The number of halogens is 2. The molecule has 26 heavy (non-hydrogen) atoms. The zero-order valence-corrected chi connectivity index (χ0v) is 20.2. The van der Waals surface area contributed by atoms with Gasteiger partial charge in [0.25, 0.3) is 0 Å². The first-order valence-electron chi connectivity index (χ1n) is 8.44. The zero-order valence-electron chi connectivity index (χ0n) is 16.2. The van der Waals surface area contributed by atoms with Crippen molar-refractivity contribution in [1.82, 2.24) is 10.6 Å². The standard InChI is InChI=1S/C18H30FN3OS2.HI/c1-6-20-17(21-9-10-25(23)18(2,3)4)22-12-14-7-8-16(19)11-15(14)13-24-5;/h7-8,11H,6,9-10,12-13H2,1-5H3,(H2,20,21,22);1H. The Labute approximate surface area is 181 Å². The predicted octanol–water partition coefficient (Wildman–Crippen LogP) is 3.91. The highest BCUT2D eigenvalue weighted by Gasteiger charge is 2.18. The van der Waals surface area contributed by atoms with E-state index in [1.54, 1.807) is 23.9 Å². The summed E-state index contributed by atoms with van der Waals surface area (Å²) >= 11 is 1.66. The van der Waals surface area contributed by atoms with Crippen LogP contribution in [0.3, 0.4) is 0 Å². The SMILES string of the molecule is CCNC(=NCc1ccc(F)cc1CSC)NCCS(=O)C(C)(C)C.I. The highest BCUT2D eigenvalue weighted by Crippen LogP contribution is 2.17. The molecule has 0 radical (unpaired) electrons. The molecule has 2 N–H and O–H groups in total. The molecule has 0 bridgehead atoms. The van der Waals surface area contributed by atoms with Gasteiger partial charge in [0.2, 0.25) is 0 Å². The third-order valence-corrected chi connectivity index (χ3v) is 6.02. The van der Waals surface area contributed by atoms with Crippen LogP contribution in [-0.4, -0.2) is 40.0 Å². The molecule has 0 aliphatic carbocycles. The maximum Gasteiger partial charge on any atom is 0.191 e. The summed E-state index contributed by atoms with van der Waals surface area (Å²) in [6, 6.07) is 4.85. The van der Waals surface area contributed by atoms with Gasteiger partial charge in [-0.15, -0.1) is 24.0 Å². The lowest BCUT2D eigenvalue weighted by Gasteiger charge is -2.18. The summed E-state index contributed by atoms with van der Waals surface area (Å²) < 4.78 is 25.3. The molecule has 4 nitrogen and oxygen atoms in total. The molecular weight excluding hydrogens is 484 g/mol. The van der Waals surface area contributed by atoms with Gasteiger partial charge < -0.3 is 10.6 Å². The second kappa shape index (κ2) is 12.9. The molecule has 0 aliphatic heterocycles. The number of thioether (sulfide) groups is 1. The highest BCUT2D eigenvalue weighted by atomic mass is 127. The molecule has 0 aliphatic rings. The fraction of sp³-hybridized carbons (Fsp3) is 0.611. The van der Waals surface area contributed by atoms with Crippen LogP contribution in [0.15, 0.2) is 23.2 Å².